The maximum atomic E-state index is 12.5. The number of esters is 1. The number of ether oxygens (including phenoxy) is 2. The van der Waals surface area contributed by atoms with Gasteiger partial charge in [-0.1, -0.05) is 6.07 Å². The first-order valence-corrected chi connectivity index (χ1v) is 8.70. The Morgan fingerprint density at radius 3 is 2.30 bits per heavy atom. The summed E-state index contributed by atoms with van der Waals surface area (Å²) in [6, 6.07) is 10.6. The molecule has 2 aromatic rings. The predicted molar refractivity (Wildman–Crippen MR) is 89.3 cm³/mol. The summed E-state index contributed by atoms with van der Waals surface area (Å²) in [4.78, 5) is 11.8. The zero-order chi connectivity index (χ0) is 17.0. The molecule has 0 heterocycles. The second-order valence-corrected chi connectivity index (χ2v) is 6.97. The predicted octanol–water partition coefficient (Wildman–Crippen LogP) is 3.05. The van der Waals surface area contributed by atoms with Crippen LogP contribution in [0.15, 0.2) is 51.8 Å². The van der Waals surface area contributed by atoms with Gasteiger partial charge in [-0.2, -0.15) is 0 Å². The van der Waals surface area contributed by atoms with Crippen LogP contribution in [0.1, 0.15) is 10.4 Å². The number of anilines is 1. The van der Waals surface area contributed by atoms with E-state index >= 15 is 0 Å². The van der Waals surface area contributed by atoms with Crippen molar-refractivity contribution in [2.24, 2.45) is 0 Å². The van der Waals surface area contributed by atoms with Gasteiger partial charge in [0.2, 0.25) is 0 Å². The number of carbonyl (C=O) groups excluding carboxylic acids is 1. The van der Waals surface area contributed by atoms with Crippen molar-refractivity contribution in [1.29, 1.82) is 0 Å². The first-order valence-electron chi connectivity index (χ1n) is 6.42. The molecule has 0 saturated heterocycles. The SMILES string of the molecule is COC(=O)c1cccc(Br)c1NS(=O)(=O)c1ccc(OC)cc1. The molecule has 0 aliphatic carbocycles. The van der Waals surface area contributed by atoms with E-state index in [1.807, 2.05) is 0 Å². The molecular weight excluding hydrogens is 386 g/mol. The second kappa shape index (κ2) is 7.01. The summed E-state index contributed by atoms with van der Waals surface area (Å²) in [5.41, 5.74) is 0.231. The summed E-state index contributed by atoms with van der Waals surface area (Å²) in [6.07, 6.45) is 0. The Morgan fingerprint density at radius 1 is 1.09 bits per heavy atom. The topological polar surface area (TPSA) is 81.7 Å². The third-order valence-corrected chi connectivity index (χ3v) is 5.05. The molecule has 0 saturated carbocycles. The fraction of sp³-hybridized carbons (Fsp3) is 0.133. The molecule has 0 bridgehead atoms. The van der Waals surface area contributed by atoms with Crippen molar-refractivity contribution < 1.29 is 22.7 Å². The van der Waals surface area contributed by atoms with Gasteiger partial charge in [0.05, 0.1) is 30.4 Å². The lowest BCUT2D eigenvalue weighted by atomic mass is 10.2. The Hall–Kier alpha value is -2.06. The van der Waals surface area contributed by atoms with Crippen molar-refractivity contribution >= 4 is 37.6 Å². The Labute approximate surface area is 142 Å². The zero-order valence-corrected chi connectivity index (χ0v) is 14.8. The normalized spacial score (nSPS) is 10.9. The maximum absolute atomic E-state index is 12.5. The fourth-order valence-electron chi connectivity index (χ4n) is 1.86. The van der Waals surface area contributed by atoms with Gasteiger partial charge in [-0.05, 0) is 52.3 Å². The van der Waals surface area contributed by atoms with Gasteiger partial charge in [-0.25, -0.2) is 13.2 Å². The van der Waals surface area contributed by atoms with Gasteiger partial charge in [0.25, 0.3) is 10.0 Å². The molecule has 0 amide bonds. The van der Waals surface area contributed by atoms with Gasteiger partial charge in [0.1, 0.15) is 5.75 Å². The average Bonchev–Trinajstić information content (AvgIpc) is 2.56. The molecule has 122 valence electrons. The summed E-state index contributed by atoms with van der Waals surface area (Å²) in [5, 5.41) is 0. The number of hydrogen-bond donors (Lipinski definition) is 1. The highest BCUT2D eigenvalue weighted by Gasteiger charge is 2.21. The van der Waals surface area contributed by atoms with Crippen LogP contribution in [0.25, 0.3) is 0 Å². The summed E-state index contributed by atoms with van der Waals surface area (Å²) in [5.74, 6) is -0.0983. The molecule has 2 aromatic carbocycles. The Bertz CT molecular complexity index is 818. The van der Waals surface area contributed by atoms with Crippen molar-refractivity contribution in [1.82, 2.24) is 0 Å². The number of halogens is 1. The van der Waals surface area contributed by atoms with E-state index in [0.29, 0.717) is 10.2 Å². The second-order valence-electron chi connectivity index (χ2n) is 4.44. The molecule has 8 heteroatoms. The molecule has 0 aromatic heterocycles. The number of para-hydroxylation sites is 1. The summed E-state index contributed by atoms with van der Waals surface area (Å²) in [7, 11) is -1.15. The third-order valence-electron chi connectivity index (χ3n) is 3.03. The van der Waals surface area contributed by atoms with Crippen LogP contribution in [0.3, 0.4) is 0 Å². The quantitative estimate of drug-likeness (QED) is 0.781. The van der Waals surface area contributed by atoms with Crippen molar-refractivity contribution in [2.75, 3.05) is 18.9 Å². The number of sulfonamides is 1. The van der Waals surface area contributed by atoms with E-state index < -0.39 is 16.0 Å². The van der Waals surface area contributed by atoms with Crippen molar-refractivity contribution in [3.8, 4) is 5.75 Å². The number of rotatable bonds is 5. The average molecular weight is 400 g/mol. The largest absolute Gasteiger partial charge is 0.497 e. The van der Waals surface area contributed by atoms with Gasteiger partial charge in [0.15, 0.2) is 0 Å². The van der Waals surface area contributed by atoms with Crippen LogP contribution in [0, 0.1) is 0 Å². The molecule has 0 aliphatic heterocycles. The Balaban J connectivity index is 2.42. The van der Waals surface area contributed by atoms with Gasteiger partial charge >= 0.3 is 5.97 Å². The van der Waals surface area contributed by atoms with Crippen LogP contribution in [0.2, 0.25) is 0 Å². The van der Waals surface area contributed by atoms with E-state index in [1.54, 1.807) is 12.1 Å². The van der Waals surface area contributed by atoms with E-state index in [2.05, 4.69) is 25.4 Å². The van der Waals surface area contributed by atoms with Crippen molar-refractivity contribution in [3.05, 3.63) is 52.5 Å². The number of carbonyl (C=O) groups is 1. The van der Waals surface area contributed by atoms with E-state index in [0.717, 1.165) is 0 Å². The van der Waals surface area contributed by atoms with Gasteiger partial charge in [-0.3, -0.25) is 4.72 Å². The third kappa shape index (κ3) is 3.83. The number of nitrogens with one attached hydrogen (secondary N) is 1. The van der Waals surface area contributed by atoms with Crippen LogP contribution in [0.4, 0.5) is 5.69 Å². The Kier molecular flexibility index (Phi) is 5.27. The molecule has 0 spiro atoms. The highest BCUT2D eigenvalue weighted by Crippen LogP contribution is 2.29. The lowest BCUT2D eigenvalue weighted by Gasteiger charge is -2.13. The van der Waals surface area contributed by atoms with Gasteiger partial charge in [-0.15, -0.1) is 0 Å². The summed E-state index contributed by atoms with van der Waals surface area (Å²) in [6.45, 7) is 0. The molecule has 2 rings (SSSR count). The minimum atomic E-state index is -3.87. The maximum Gasteiger partial charge on any atom is 0.340 e. The summed E-state index contributed by atoms with van der Waals surface area (Å²) < 4.78 is 37.5. The molecule has 1 N–H and O–H groups in total. The number of methoxy groups -OCH3 is 2. The van der Waals surface area contributed by atoms with Gasteiger partial charge < -0.3 is 9.47 Å². The molecule has 0 radical (unpaired) electrons. The molecule has 0 atom stereocenters. The van der Waals surface area contributed by atoms with Crippen LogP contribution >= 0.6 is 15.9 Å². The first-order chi connectivity index (χ1) is 10.9. The smallest absolute Gasteiger partial charge is 0.340 e. The van der Waals surface area contributed by atoms with E-state index in [-0.39, 0.29) is 16.1 Å². The molecule has 23 heavy (non-hydrogen) atoms. The molecule has 6 nitrogen and oxygen atoms in total. The molecule has 0 aliphatic rings. The Morgan fingerprint density at radius 2 is 1.74 bits per heavy atom. The highest BCUT2D eigenvalue weighted by atomic mass is 79.9. The van der Waals surface area contributed by atoms with Gasteiger partial charge in [0, 0.05) is 4.47 Å². The fourth-order valence-corrected chi connectivity index (χ4v) is 3.55. The van der Waals surface area contributed by atoms with E-state index in [9.17, 15) is 13.2 Å². The van der Waals surface area contributed by atoms with Crippen LogP contribution in [-0.4, -0.2) is 28.6 Å². The molecule has 0 unspecified atom stereocenters. The highest BCUT2D eigenvalue weighted by molar-refractivity contribution is 9.10. The summed E-state index contributed by atoms with van der Waals surface area (Å²) >= 11 is 3.24. The van der Waals surface area contributed by atoms with E-state index in [4.69, 9.17) is 4.74 Å². The molecule has 0 fully saturated rings. The minimum Gasteiger partial charge on any atom is -0.497 e. The number of hydrogen-bond acceptors (Lipinski definition) is 5. The first kappa shape index (κ1) is 17.3. The minimum absolute atomic E-state index is 0.0462. The lowest BCUT2D eigenvalue weighted by Crippen LogP contribution is -2.16. The molecular formula is C15H14BrNO5S. The van der Waals surface area contributed by atoms with Crippen molar-refractivity contribution in [3.63, 3.8) is 0 Å². The van der Waals surface area contributed by atoms with Crippen LogP contribution in [-0.2, 0) is 14.8 Å². The zero-order valence-electron chi connectivity index (χ0n) is 12.4. The lowest BCUT2D eigenvalue weighted by molar-refractivity contribution is 0.0602. The standard InChI is InChI=1S/C15H14BrNO5S/c1-21-10-6-8-11(9-7-10)23(19,20)17-14-12(15(18)22-2)4-3-5-13(14)16/h3-9,17H,1-2H3. The van der Waals surface area contributed by atoms with Crippen molar-refractivity contribution in [2.45, 2.75) is 4.90 Å². The number of benzene rings is 2. The van der Waals surface area contributed by atoms with Crippen LogP contribution in [0.5, 0.6) is 5.75 Å². The van der Waals surface area contributed by atoms with E-state index in [1.165, 1.54) is 44.6 Å². The van der Waals surface area contributed by atoms with Crippen LogP contribution < -0.4 is 9.46 Å². The monoisotopic (exact) mass is 399 g/mol.